The largest absolute Gasteiger partial charge is 0.459 e. The Balaban J connectivity index is 1.78. The fourth-order valence-electron chi connectivity index (χ4n) is 1.47. The van der Waals surface area contributed by atoms with E-state index in [-0.39, 0.29) is 16.3 Å². The molecule has 0 saturated heterocycles. The van der Waals surface area contributed by atoms with E-state index in [1.165, 1.54) is 36.6 Å². The number of amides is 2. The molecule has 0 spiro atoms. The van der Waals surface area contributed by atoms with Crippen molar-refractivity contribution in [2.24, 2.45) is 0 Å². The number of hydrogen-bond acceptors (Lipinski definition) is 5. The number of carbonyl (C=O) groups excluding carboxylic acids is 3. The van der Waals surface area contributed by atoms with E-state index in [1.54, 1.807) is 0 Å². The Kier molecular flexibility index (Phi) is 5.61. The second-order valence-electron chi connectivity index (χ2n) is 4.18. The fraction of sp³-hybridized carbons (Fsp3) is 0.0714. The highest BCUT2D eigenvalue weighted by Crippen LogP contribution is 2.22. The lowest BCUT2D eigenvalue weighted by Crippen LogP contribution is -2.43. The lowest BCUT2D eigenvalue weighted by atomic mass is 10.2. The van der Waals surface area contributed by atoms with Crippen LogP contribution in [0.25, 0.3) is 0 Å². The van der Waals surface area contributed by atoms with Crippen molar-refractivity contribution in [1.82, 2.24) is 10.9 Å². The van der Waals surface area contributed by atoms with Gasteiger partial charge in [0.15, 0.2) is 12.4 Å². The molecule has 0 atom stereocenters. The number of nitrogens with one attached hydrogen (secondary N) is 2. The monoisotopic (exact) mass is 356 g/mol. The maximum Gasteiger partial charge on any atom is 0.338 e. The molecule has 1 heterocycles. The van der Waals surface area contributed by atoms with Crippen molar-refractivity contribution in [1.29, 1.82) is 0 Å². The number of ether oxygens (including phenoxy) is 1. The van der Waals surface area contributed by atoms with Crippen LogP contribution in [0, 0.1) is 0 Å². The molecule has 2 aromatic rings. The van der Waals surface area contributed by atoms with E-state index in [0.717, 1.165) is 0 Å². The van der Waals surface area contributed by atoms with E-state index < -0.39 is 24.4 Å². The Labute approximate surface area is 140 Å². The van der Waals surface area contributed by atoms with Crippen LogP contribution in [-0.2, 0) is 9.53 Å². The van der Waals surface area contributed by atoms with Gasteiger partial charge in [0.25, 0.3) is 5.91 Å². The Morgan fingerprint density at radius 2 is 1.87 bits per heavy atom. The van der Waals surface area contributed by atoms with Gasteiger partial charge in [0.2, 0.25) is 0 Å². The van der Waals surface area contributed by atoms with Crippen molar-refractivity contribution in [3.05, 3.63) is 58.0 Å². The minimum Gasteiger partial charge on any atom is -0.459 e. The number of carbonyl (C=O) groups is 3. The molecular weight excluding hydrogens is 347 g/mol. The van der Waals surface area contributed by atoms with E-state index >= 15 is 0 Å². The van der Waals surface area contributed by atoms with Crippen LogP contribution in [0.5, 0.6) is 0 Å². The topological polar surface area (TPSA) is 97.6 Å². The van der Waals surface area contributed by atoms with Gasteiger partial charge >= 0.3 is 11.9 Å². The summed E-state index contributed by atoms with van der Waals surface area (Å²) in [6.45, 7) is -0.586. The first-order valence-corrected chi connectivity index (χ1v) is 6.98. The standard InChI is InChI=1S/C14H10Cl2N2O5/c15-9-4-3-8(6-10(9)16)14(21)23-7-12(19)17-18-13(20)11-2-1-5-22-11/h1-6H,7H2,(H,17,19)(H,18,20). The molecule has 2 N–H and O–H groups in total. The fourth-order valence-corrected chi connectivity index (χ4v) is 1.77. The number of hydrazine groups is 1. The molecule has 120 valence electrons. The molecule has 2 rings (SSSR count). The summed E-state index contributed by atoms with van der Waals surface area (Å²) < 4.78 is 9.61. The third-order valence-corrected chi connectivity index (χ3v) is 3.29. The van der Waals surface area contributed by atoms with Crippen LogP contribution in [0.1, 0.15) is 20.9 Å². The molecule has 9 heteroatoms. The van der Waals surface area contributed by atoms with Crippen LogP contribution in [0.4, 0.5) is 0 Å². The van der Waals surface area contributed by atoms with Gasteiger partial charge in [-0.05, 0) is 30.3 Å². The van der Waals surface area contributed by atoms with E-state index in [1.807, 2.05) is 0 Å². The molecule has 0 radical (unpaired) electrons. The van der Waals surface area contributed by atoms with Gasteiger partial charge in [-0.1, -0.05) is 23.2 Å². The van der Waals surface area contributed by atoms with Gasteiger partial charge < -0.3 is 9.15 Å². The lowest BCUT2D eigenvalue weighted by molar-refractivity contribution is -0.125. The number of esters is 1. The summed E-state index contributed by atoms with van der Waals surface area (Å²) in [5.74, 6) is -2.09. The average Bonchev–Trinajstić information content (AvgIpc) is 3.07. The SMILES string of the molecule is O=C(COC(=O)c1ccc(Cl)c(Cl)c1)NNC(=O)c1ccco1. The highest BCUT2D eigenvalue weighted by atomic mass is 35.5. The predicted octanol–water partition coefficient (Wildman–Crippen LogP) is 2.20. The summed E-state index contributed by atoms with van der Waals surface area (Å²) >= 11 is 11.5. The van der Waals surface area contributed by atoms with Crippen LogP contribution in [-0.4, -0.2) is 24.4 Å². The van der Waals surface area contributed by atoms with Gasteiger partial charge in [0.05, 0.1) is 21.9 Å². The minimum absolute atomic E-state index is 0.0260. The molecule has 0 unspecified atom stereocenters. The molecule has 1 aromatic heterocycles. The number of halogens is 2. The smallest absolute Gasteiger partial charge is 0.338 e. The number of benzene rings is 1. The molecule has 0 aliphatic carbocycles. The summed E-state index contributed by atoms with van der Waals surface area (Å²) in [6.07, 6.45) is 1.32. The number of rotatable bonds is 4. The first-order chi connectivity index (χ1) is 11.0. The second-order valence-corrected chi connectivity index (χ2v) is 5.00. The van der Waals surface area contributed by atoms with E-state index in [9.17, 15) is 14.4 Å². The normalized spacial score (nSPS) is 10.0. The van der Waals surface area contributed by atoms with Crippen molar-refractivity contribution in [2.45, 2.75) is 0 Å². The first kappa shape index (κ1) is 16.9. The minimum atomic E-state index is -0.754. The molecule has 1 aromatic carbocycles. The van der Waals surface area contributed by atoms with Crippen LogP contribution >= 0.6 is 23.2 Å². The Morgan fingerprint density at radius 3 is 2.52 bits per heavy atom. The molecular formula is C14H10Cl2N2O5. The van der Waals surface area contributed by atoms with Crippen molar-refractivity contribution in [3.63, 3.8) is 0 Å². The number of furan rings is 1. The Morgan fingerprint density at radius 1 is 1.09 bits per heavy atom. The van der Waals surface area contributed by atoms with Crippen molar-refractivity contribution in [2.75, 3.05) is 6.61 Å². The second kappa shape index (κ2) is 7.66. The average molecular weight is 357 g/mol. The van der Waals surface area contributed by atoms with Crippen LogP contribution < -0.4 is 10.9 Å². The summed E-state index contributed by atoms with van der Waals surface area (Å²) in [4.78, 5) is 34.7. The molecule has 0 fully saturated rings. The zero-order valence-corrected chi connectivity index (χ0v) is 13.0. The summed E-state index contributed by atoms with van der Waals surface area (Å²) in [6, 6.07) is 7.11. The van der Waals surface area contributed by atoms with E-state index in [2.05, 4.69) is 10.9 Å². The number of hydrogen-bond donors (Lipinski definition) is 2. The van der Waals surface area contributed by atoms with Crippen LogP contribution in [0.15, 0.2) is 41.0 Å². The van der Waals surface area contributed by atoms with E-state index in [4.69, 9.17) is 32.4 Å². The molecule has 0 bridgehead atoms. The van der Waals surface area contributed by atoms with Crippen molar-refractivity contribution in [3.8, 4) is 0 Å². The molecule has 0 aliphatic heterocycles. The van der Waals surface area contributed by atoms with Crippen LogP contribution in [0.3, 0.4) is 0 Å². The van der Waals surface area contributed by atoms with Crippen molar-refractivity contribution < 1.29 is 23.5 Å². The third kappa shape index (κ3) is 4.73. The highest BCUT2D eigenvalue weighted by molar-refractivity contribution is 6.42. The van der Waals surface area contributed by atoms with Gasteiger partial charge in [-0.25, -0.2) is 4.79 Å². The molecule has 0 saturated carbocycles. The Hall–Kier alpha value is -2.51. The van der Waals surface area contributed by atoms with Crippen LogP contribution in [0.2, 0.25) is 10.0 Å². The third-order valence-electron chi connectivity index (χ3n) is 2.55. The quantitative estimate of drug-likeness (QED) is 0.646. The maximum atomic E-state index is 11.7. The maximum absolute atomic E-state index is 11.7. The molecule has 7 nitrogen and oxygen atoms in total. The highest BCUT2D eigenvalue weighted by Gasteiger charge is 2.13. The van der Waals surface area contributed by atoms with Gasteiger partial charge in [0, 0.05) is 0 Å². The first-order valence-electron chi connectivity index (χ1n) is 6.22. The van der Waals surface area contributed by atoms with Crippen molar-refractivity contribution >= 4 is 41.0 Å². The van der Waals surface area contributed by atoms with Gasteiger partial charge in [0.1, 0.15) is 0 Å². The zero-order valence-electron chi connectivity index (χ0n) is 11.5. The predicted molar refractivity (Wildman–Crippen MR) is 81.1 cm³/mol. The zero-order chi connectivity index (χ0) is 16.8. The van der Waals surface area contributed by atoms with Gasteiger partial charge in [-0.3, -0.25) is 20.4 Å². The molecule has 2 amide bonds. The molecule has 0 aliphatic rings. The summed E-state index contributed by atoms with van der Waals surface area (Å²) in [5.41, 5.74) is 4.32. The van der Waals surface area contributed by atoms with E-state index in [0.29, 0.717) is 5.02 Å². The van der Waals surface area contributed by atoms with Gasteiger partial charge in [-0.2, -0.15) is 0 Å². The Bertz CT molecular complexity index is 731. The lowest BCUT2D eigenvalue weighted by Gasteiger charge is -2.07. The summed E-state index contributed by atoms with van der Waals surface area (Å²) in [7, 11) is 0. The molecule has 23 heavy (non-hydrogen) atoms. The van der Waals surface area contributed by atoms with Gasteiger partial charge in [-0.15, -0.1) is 0 Å². The summed E-state index contributed by atoms with van der Waals surface area (Å²) in [5, 5.41) is 0.484.